The Morgan fingerprint density at radius 2 is 2.16 bits per heavy atom. The van der Waals surface area contributed by atoms with Crippen LogP contribution in [0.25, 0.3) is 0 Å². The first-order chi connectivity index (χ1) is 9.00. The second-order valence-electron chi connectivity index (χ2n) is 4.00. The van der Waals surface area contributed by atoms with E-state index in [9.17, 15) is 13.2 Å². The van der Waals surface area contributed by atoms with Crippen LogP contribution in [-0.4, -0.2) is 18.4 Å². The minimum Gasteiger partial charge on any atom is -0.366 e. The van der Waals surface area contributed by atoms with Crippen LogP contribution in [0, 0.1) is 6.92 Å². The van der Waals surface area contributed by atoms with Crippen molar-refractivity contribution >= 4 is 10.0 Å². The third-order valence-corrected chi connectivity index (χ3v) is 4.10. The average Bonchev–Trinajstić information content (AvgIpc) is 2.38. The van der Waals surface area contributed by atoms with Crippen LogP contribution >= 0.6 is 0 Å². The van der Waals surface area contributed by atoms with Crippen LogP contribution in [0.2, 0.25) is 0 Å². The van der Waals surface area contributed by atoms with Gasteiger partial charge in [-0.1, -0.05) is 0 Å². The van der Waals surface area contributed by atoms with Gasteiger partial charge in [0.25, 0.3) is 0 Å². The van der Waals surface area contributed by atoms with Crippen molar-refractivity contribution in [3.05, 3.63) is 58.3 Å². The number of rotatable bonds is 4. The van der Waals surface area contributed by atoms with Crippen LogP contribution in [0.5, 0.6) is 0 Å². The van der Waals surface area contributed by atoms with E-state index in [0.717, 1.165) is 11.1 Å². The van der Waals surface area contributed by atoms with Crippen molar-refractivity contribution in [2.45, 2.75) is 18.4 Å². The molecule has 0 unspecified atom stereocenters. The number of aromatic nitrogens is 2. The van der Waals surface area contributed by atoms with Gasteiger partial charge in [0.2, 0.25) is 15.5 Å². The molecule has 7 heteroatoms. The van der Waals surface area contributed by atoms with E-state index in [1.165, 1.54) is 18.5 Å². The summed E-state index contributed by atoms with van der Waals surface area (Å²) in [6.07, 6.45) is 5.77. The van der Waals surface area contributed by atoms with Crippen molar-refractivity contribution in [3.63, 3.8) is 0 Å². The van der Waals surface area contributed by atoms with Crippen molar-refractivity contribution in [1.29, 1.82) is 0 Å². The molecule has 2 aromatic rings. The highest BCUT2D eigenvalue weighted by atomic mass is 32.2. The van der Waals surface area contributed by atoms with Gasteiger partial charge in [0, 0.05) is 37.4 Å². The van der Waals surface area contributed by atoms with Gasteiger partial charge in [-0.3, -0.25) is 9.78 Å². The molecule has 100 valence electrons. The molecule has 0 aromatic carbocycles. The predicted molar refractivity (Wildman–Crippen MR) is 70.1 cm³/mol. The molecule has 0 aliphatic rings. The number of pyridine rings is 2. The smallest absolute Gasteiger partial charge is 0.246 e. The van der Waals surface area contributed by atoms with Gasteiger partial charge >= 0.3 is 0 Å². The van der Waals surface area contributed by atoms with Crippen molar-refractivity contribution in [2.24, 2.45) is 0 Å². The van der Waals surface area contributed by atoms with Crippen molar-refractivity contribution < 1.29 is 8.42 Å². The molecule has 0 aliphatic carbocycles. The zero-order chi connectivity index (χ0) is 13.9. The molecule has 0 atom stereocenters. The van der Waals surface area contributed by atoms with Crippen molar-refractivity contribution in [3.8, 4) is 0 Å². The number of H-pyrrole nitrogens is 1. The van der Waals surface area contributed by atoms with Gasteiger partial charge in [0.15, 0.2) is 0 Å². The van der Waals surface area contributed by atoms with Crippen LogP contribution in [0.1, 0.15) is 11.1 Å². The van der Waals surface area contributed by atoms with Crippen LogP contribution in [-0.2, 0) is 16.6 Å². The van der Waals surface area contributed by atoms with Gasteiger partial charge in [-0.15, -0.1) is 0 Å². The van der Waals surface area contributed by atoms with E-state index < -0.39 is 15.5 Å². The van der Waals surface area contributed by atoms with E-state index in [2.05, 4.69) is 14.7 Å². The Labute approximate surface area is 110 Å². The molecule has 0 fully saturated rings. The number of aryl methyl sites for hydroxylation is 1. The zero-order valence-corrected chi connectivity index (χ0v) is 11.1. The van der Waals surface area contributed by atoms with Gasteiger partial charge in [-0.2, -0.15) is 0 Å². The van der Waals surface area contributed by atoms with Gasteiger partial charge in [0.05, 0.1) is 0 Å². The van der Waals surface area contributed by atoms with E-state index in [4.69, 9.17) is 0 Å². The summed E-state index contributed by atoms with van der Waals surface area (Å²) in [6, 6.07) is 2.96. The number of hydrogen-bond acceptors (Lipinski definition) is 4. The Morgan fingerprint density at radius 1 is 1.37 bits per heavy atom. The lowest BCUT2D eigenvalue weighted by atomic mass is 10.2. The molecule has 0 saturated carbocycles. The topological polar surface area (TPSA) is 91.9 Å². The first-order valence-electron chi connectivity index (χ1n) is 5.57. The summed E-state index contributed by atoms with van der Waals surface area (Å²) in [7, 11) is -3.83. The number of sulfonamides is 1. The van der Waals surface area contributed by atoms with Crippen molar-refractivity contribution in [1.82, 2.24) is 14.7 Å². The third-order valence-electron chi connectivity index (χ3n) is 2.68. The quantitative estimate of drug-likeness (QED) is 0.855. The number of nitrogens with one attached hydrogen (secondary N) is 2. The Balaban J connectivity index is 2.22. The van der Waals surface area contributed by atoms with E-state index in [1.54, 1.807) is 18.5 Å². The Morgan fingerprint density at radius 3 is 2.84 bits per heavy atom. The molecule has 19 heavy (non-hydrogen) atoms. The third kappa shape index (κ3) is 3.07. The van der Waals surface area contributed by atoms with E-state index in [1.807, 2.05) is 6.92 Å². The summed E-state index contributed by atoms with van der Waals surface area (Å²) in [6.45, 7) is 1.96. The number of aromatic amines is 1. The maximum Gasteiger partial charge on any atom is 0.246 e. The summed E-state index contributed by atoms with van der Waals surface area (Å²) >= 11 is 0. The largest absolute Gasteiger partial charge is 0.366 e. The lowest BCUT2D eigenvalue weighted by Gasteiger charge is -2.07. The van der Waals surface area contributed by atoms with Crippen molar-refractivity contribution in [2.75, 3.05) is 0 Å². The number of nitrogens with zero attached hydrogens (tertiary/aromatic N) is 1. The second-order valence-corrected chi connectivity index (χ2v) is 5.73. The fourth-order valence-corrected chi connectivity index (χ4v) is 2.60. The van der Waals surface area contributed by atoms with Crippen LogP contribution in [0.15, 0.2) is 46.6 Å². The average molecular weight is 279 g/mol. The lowest BCUT2D eigenvalue weighted by Crippen LogP contribution is -2.28. The summed E-state index contributed by atoms with van der Waals surface area (Å²) in [5, 5.41) is 0. The van der Waals surface area contributed by atoms with Crippen LogP contribution < -0.4 is 10.2 Å². The molecule has 2 N–H and O–H groups in total. The first kappa shape index (κ1) is 13.4. The van der Waals surface area contributed by atoms with Crippen LogP contribution in [0.4, 0.5) is 0 Å². The monoisotopic (exact) mass is 279 g/mol. The molecule has 0 aliphatic heterocycles. The molecule has 0 amide bonds. The minimum atomic E-state index is -3.83. The molecule has 2 heterocycles. The molecule has 6 nitrogen and oxygen atoms in total. The van der Waals surface area contributed by atoms with E-state index in [-0.39, 0.29) is 11.4 Å². The molecule has 2 aromatic heterocycles. The molecule has 0 radical (unpaired) electrons. The standard InChI is InChI=1S/C12H13N3O3S/c1-9-2-4-13-6-10(9)7-15-19(17,18)12-8-14-5-3-11(12)16/h2-6,8,15H,7H2,1H3,(H,14,16). The van der Waals surface area contributed by atoms with Gasteiger partial charge in [0.1, 0.15) is 4.90 Å². The highest BCUT2D eigenvalue weighted by Gasteiger charge is 2.17. The highest BCUT2D eigenvalue weighted by molar-refractivity contribution is 7.89. The maximum absolute atomic E-state index is 12.0. The Kier molecular flexibility index (Phi) is 3.77. The van der Waals surface area contributed by atoms with Gasteiger partial charge in [-0.25, -0.2) is 13.1 Å². The second kappa shape index (κ2) is 5.33. The fraction of sp³-hybridized carbons (Fsp3) is 0.167. The zero-order valence-electron chi connectivity index (χ0n) is 10.3. The van der Waals surface area contributed by atoms with Gasteiger partial charge < -0.3 is 4.98 Å². The molecular weight excluding hydrogens is 266 g/mol. The summed E-state index contributed by atoms with van der Waals surface area (Å²) in [4.78, 5) is 17.7. The fourth-order valence-electron chi connectivity index (χ4n) is 1.54. The first-order valence-corrected chi connectivity index (χ1v) is 7.05. The van der Waals surface area contributed by atoms with E-state index >= 15 is 0 Å². The minimum absolute atomic E-state index is 0.0936. The maximum atomic E-state index is 12.0. The molecule has 0 saturated heterocycles. The van der Waals surface area contributed by atoms with Crippen LogP contribution in [0.3, 0.4) is 0 Å². The van der Waals surface area contributed by atoms with E-state index in [0.29, 0.717) is 0 Å². The Hall–Kier alpha value is -1.99. The summed E-state index contributed by atoms with van der Waals surface area (Å²) in [5.74, 6) is 0. The van der Waals surface area contributed by atoms with Gasteiger partial charge in [-0.05, 0) is 24.1 Å². The molecule has 0 spiro atoms. The Bertz CT molecular complexity index is 738. The molecular formula is C12H13N3O3S. The molecule has 0 bridgehead atoms. The summed E-state index contributed by atoms with van der Waals surface area (Å²) < 4.78 is 26.4. The normalized spacial score (nSPS) is 11.4. The molecule has 2 rings (SSSR count). The predicted octanol–water partition coefficient (Wildman–Crippen LogP) is 0.557. The lowest BCUT2D eigenvalue weighted by molar-refractivity contribution is 0.580. The SMILES string of the molecule is Cc1ccncc1CNS(=O)(=O)c1c[nH]ccc1=O. The highest BCUT2D eigenvalue weighted by Crippen LogP contribution is 2.07. The number of hydrogen-bond donors (Lipinski definition) is 2. The summed E-state index contributed by atoms with van der Waals surface area (Å²) in [5.41, 5.74) is 1.15.